The average molecular weight is 245 g/mol. The van der Waals surface area contributed by atoms with Crippen molar-refractivity contribution in [1.29, 1.82) is 0 Å². The van der Waals surface area contributed by atoms with Gasteiger partial charge in [0.2, 0.25) is 0 Å². The van der Waals surface area contributed by atoms with Crippen LogP contribution in [-0.4, -0.2) is 31.1 Å². The fourth-order valence-corrected chi connectivity index (χ4v) is 2.44. The minimum atomic E-state index is 0.352. The van der Waals surface area contributed by atoms with Crippen LogP contribution in [0, 0.1) is 0 Å². The maximum absolute atomic E-state index is 10.5. The quantitative estimate of drug-likeness (QED) is 0.765. The molecule has 94 valence electrons. The van der Waals surface area contributed by atoms with Crippen LogP contribution in [0.5, 0.6) is 0 Å². The van der Waals surface area contributed by atoms with E-state index >= 15 is 0 Å². The number of carbonyl (C=O) groups excluding carboxylic acids is 1. The van der Waals surface area contributed by atoms with Gasteiger partial charge in [0.25, 0.3) is 0 Å². The Morgan fingerprint density at radius 1 is 1.39 bits per heavy atom. The van der Waals surface area contributed by atoms with Crippen LogP contribution in [0.25, 0.3) is 0 Å². The van der Waals surface area contributed by atoms with E-state index in [-0.39, 0.29) is 0 Å². The van der Waals surface area contributed by atoms with Crippen LogP contribution in [0.4, 0.5) is 0 Å². The summed E-state index contributed by atoms with van der Waals surface area (Å²) in [4.78, 5) is 10.5. The topological polar surface area (TPSA) is 65.6 Å². The molecular formula is C12H15N5O. The number of nitrogens with zero attached hydrogens (tertiary/aromatic N) is 5. The van der Waals surface area contributed by atoms with Gasteiger partial charge in [-0.25, -0.2) is 4.68 Å². The van der Waals surface area contributed by atoms with Crippen molar-refractivity contribution < 1.29 is 4.79 Å². The van der Waals surface area contributed by atoms with E-state index in [2.05, 4.69) is 20.1 Å². The predicted octanol–water partition coefficient (Wildman–Crippen LogP) is 1.45. The molecule has 0 amide bonds. The van der Waals surface area contributed by atoms with Gasteiger partial charge < -0.3 is 0 Å². The van der Waals surface area contributed by atoms with Crippen molar-refractivity contribution in [3.63, 3.8) is 0 Å². The van der Waals surface area contributed by atoms with E-state index in [1.165, 1.54) is 25.7 Å². The van der Waals surface area contributed by atoms with Crippen LogP contribution in [-0.2, 0) is 6.54 Å². The average Bonchev–Trinajstić information content (AvgIpc) is 3.10. The summed E-state index contributed by atoms with van der Waals surface area (Å²) in [5, 5.41) is 12.2. The number of rotatable bonds is 4. The first kappa shape index (κ1) is 11.1. The van der Waals surface area contributed by atoms with E-state index in [0.29, 0.717) is 24.6 Å². The molecule has 0 radical (unpaired) electrons. The van der Waals surface area contributed by atoms with Gasteiger partial charge in [-0.15, -0.1) is 5.10 Å². The Hall–Kier alpha value is -1.98. The summed E-state index contributed by atoms with van der Waals surface area (Å²) in [6.45, 7) is 0.556. The summed E-state index contributed by atoms with van der Waals surface area (Å²) in [7, 11) is 0. The van der Waals surface area contributed by atoms with Gasteiger partial charge in [0.1, 0.15) is 5.69 Å². The smallest absolute Gasteiger partial charge is 0.171 e. The van der Waals surface area contributed by atoms with Gasteiger partial charge in [0, 0.05) is 6.20 Å². The molecule has 2 heterocycles. The molecule has 3 rings (SSSR count). The Balaban J connectivity index is 1.71. The van der Waals surface area contributed by atoms with Crippen molar-refractivity contribution >= 4 is 6.29 Å². The highest BCUT2D eigenvalue weighted by atomic mass is 16.1. The zero-order chi connectivity index (χ0) is 12.4. The van der Waals surface area contributed by atoms with Crippen LogP contribution >= 0.6 is 0 Å². The number of hydrogen-bond acceptors (Lipinski definition) is 4. The molecule has 0 spiro atoms. The molecule has 0 atom stereocenters. The lowest BCUT2D eigenvalue weighted by Gasteiger charge is -2.08. The first-order chi connectivity index (χ1) is 8.85. The highest BCUT2D eigenvalue weighted by molar-refractivity contribution is 5.70. The largest absolute Gasteiger partial charge is 0.296 e. The SMILES string of the molecule is O=Cc1cn(Cc2ccn(C3CCCC3)n2)nn1. The Morgan fingerprint density at radius 3 is 2.94 bits per heavy atom. The van der Waals surface area contributed by atoms with E-state index in [4.69, 9.17) is 0 Å². The van der Waals surface area contributed by atoms with Crippen molar-refractivity contribution in [3.05, 3.63) is 29.8 Å². The number of carbonyl (C=O) groups is 1. The second-order valence-corrected chi connectivity index (χ2v) is 4.68. The van der Waals surface area contributed by atoms with Crippen molar-refractivity contribution in [3.8, 4) is 0 Å². The van der Waals surface area contributed by atoms with Gasteiger partial charge in [0.05, 0.1) is 24.5 Å². The molecule has 1 saturated carbocycles. The van der Waals surface area contributed by atoms with Crippen LogP contribution in [0.15, 0.2) is 18.5 Å². The van der Waals surface area contributed by atoms with E-state index in [0.717, 1.165) is 5.69 Å². The number of aldehydes is 1. The molecule has 0 N–H and O–H groups in total. The molecule has 2 aromatic heterocycles. The zero-order valence-corrected chi connectivity index (χ0v) is 10.1. The molecule has 1 fully saturated rings. The van der Waals surface area contributed by atoms with Crippen LogP contribution < -0.4 is 0 Å². The van der Waals surface area contributed by atoms with Gasteiger partial charge in [-0.05, 0) is 18.9 Å². The summed E-state index contributed by atoms with van der Waals surface area (Å²) in [5.41, 5.74) is 1.30. The van der Waals surface area contributed by atoms with Crippen LogP contribution in [0.2, 0.25) is 0 Å². The lowest BCUT2D eigenvalue weighted by molar-refractivity contribution is 0.111. The number of hydrogen-bond donors (Lipinski definition) is 0. The first-order valence-electron chi connectivity index (χ1n) is 6.24. The highest BCUT2D eigenvalue weighted by Gasteiger charge is 2.17. The molecule has 0 saturated heterocycles. The molecule has 0 aromatic carbocycles. The van der Waals surface area contributed by atoms with Gasteiger partial charge in [-0.2, -0.15) is 5.10 Å². The maximum atomic E-state index is 10.5. The molecular weight excluding hydrogens is 230 g/mol. The minimum absolute atomic E-state index is 0.352. The molecule has 6 nitrogen and oxygen atoms in total. The molecule has 6 heteroatoms. The van der Waals surface area contributed by atoms with E-state index in [9.17, 15) is 4.79 Å². The predicted molar refractivity (Wildman–Crippen MR) is 64.2 cm³/mol. The summed E-state index contributed by atoms with van der Waals surface area (Å²) < 4.78 is 3.69. The highest BCUT2D eigenvalue weighted by Crippen LogP contribution is 2.28. The van der Waals surface area contributed by atoms with Gasteiger partial charge in [0.15, 0.2) is 6.29 Å². The Labute approximate surface area is 105 Å². The molecule has 1 aliphatic carbocycles. The third-order valence-corrected chi connectivity index (χ3v) is 3.36. The van der Waals surface area contributed by atoms with Gasteiger partial charge in [-0.3, -0.25) is 9.48 Å². The summed E-state index contributed by atoms with van der Waals surface area (Å²) >= 11 is 0. The second kappa shape index (κ2) is 4.72. The molecule has 18 heavy (non-hydrogen) atoms. The Bertz CT molecular complexity index is 538. The molecule has 2 aromatic rings. The van der Waals surface area contributed by atoms with E-state index < -0.39 is 0 Å². The van der Waals surface area contributed by atoms with Crippen LogP contribution in [0.3, 0.4) is 0 Å². The molecule has 0 aliphatic heterocycles. The lowest BCUT2D eigenvalue weighted by atomic mass is 10.3. The third-order valence-electron chi connectivity index (χ3n) is 3.36. The molecule has 0 unspecified atom stereocenters. The van der Waals surface area contributed by atoms with E-state index in [1.807, 2.05) is 12.3 Å². The van der Waals surface area contributed by atoms with Crippen LogP contribution in [0.1, 0.15) is 47.9 Å². The molecule has 0 bridgehead atoms. The van der Waals surface area contributed by atoms with Crippen molar-refractivity contribution in [1.82, 2.24) is 24.8 Å². The van der Waals surface area contributed by atoms with E-state index in [1.54, 1.807) is 10.9 Å². The summed E-state index contributed by atoms with van der Waals surface area (Å²) in [6, 6.07) is 2.56. The monoisotopic (exact) mass is 245 g/mol. The Morgan fingerprint density at radius 2 is 2.22 bits per heavy atom. The van der Waals surface area contributed by atoms with Crippen molar-refractivity contribution in [2.45, 2.75) is 38.3 Å². The fourth-order valence-electron chi connectivity index (χ4n) is 2.44. The maximum Gasteiger partial charge on any atom is 0.171 e. The standard InChI is InChI=1S/C12H15N5O/c18-9-11-8-16(15-13-11)7-10-5-6-17(14-10)12-3-1-2-4-12/h5-6,8-9,12H,1-4,7H2. The first-order valence-corrected chi connectivity index (χ1v) is 6.24. The van der Waals surface area contributed by atoms with Gasteiger partial charge in [-0.1, -0.05) is 18.1 Å². The summed E-state index contributed by atoms with van der Waals surface area (Å²) in [6.07, 6.45) is 9.39. The van der Waals surface area contributed by atoms with Gasteiger partial charge >= 0.3 is 0 Å². The van der Waals surface area contributed by atoms with Crippen molar-refractivity contribution in [2.75, 3.05) is 0 Å². The lowest BCUT2D eigenvalue weighted by Crippen LogP contribution is -2.07. The molecule has 1 aliphatic rings. The van der Waals surface area contributed by atoms with Crippen molar-refractivity contribution in [2.24, 2.45) is 0 Å². The Kier molecular flexibility index (Phi) is 2.92. The fraction of sp³-hybridized carbons (Fsp3) is 0.500. The number of aromatic nitrogens is 5. The second-order valence-electron chi connectivity index (χ2n) is 4.68. The minimum Gasteiger partial charge on any atom is -0.296 e. The summed E-state index contributed by atoms with van der Waals surface area (Å²) in [5.74, 6) is 0. The normalized spacial score (nSPS) is 16.2. The zero-order valence-electron chi connectivity index (χ0n) is 10.1. The third kappa shape index (κ3) is 2.18.